The fourth-order valence-electron chi connectivity index (χ4n) is 1.77. The quantitative estimate of drug-likeness (QED) is 0.193. The minimum atomic E-state index is -0.732. The number of rotatable bonds is 13. The highest BCUT2D eigenvalue weighted by atomic mass is 16.4. The molecular formula is C20H30O3. The third-order valence-corrected chi connectivity index (χ3v) is 3.06. The van der Waals surface area contributed by atoms with Crippen LogP contribution in [0.25, 0.3) is 0 Å². The normalized spacial score (nSPS) is 13.2. The molecule has 0 aromatic heterocycles. The van der Waals surface area contributed by atoms with E-state index in [2.05, 4.69) is 25.2 Å². The molecule has 0 heterocycles. The number of aliphatic hydroxyl groups is 1. The molecule has 0 unspecified atom stereocenters. The molecule has 0 aliphatic carbocycles. The summed E-state index contributed by atoms with van der Waals surface area (Å²) in [7, 11) is 0. The Kier molecular flexibility index (Phi) is 14.9. The Morgan fingerprint density at radius 2 is 1.57 bits per heavy atom. The maximum Gasteiger partial charge on any atom is 0.303 e. The lowest BCUT2D eigenvalue weighted by Gasteiger charge is -1.91. The Morgan fingerprint density at radius 1 is 0.870 bits per heavy atom. The zero-order valence-electron chi connectivity index (χ0n) is 14.2. The number of allylic oxidation sites excluding steroid dienone is 9. The second-order valence-electron chi connectivity index (χ2n) is 5.26. The summed E-state index contributed by atoms with van der Waals surface area (Å²) >= 11 is 0. The number of hydrogen-bond acceptors (Lipinski definition) is 2. The van der Waals surface area contributed by atoms with E-state index in [1.807, 2.05) is 30.4 Å². The topological polar surface area (TPSA) is 57.5 Å². The van der Waals surface area contributed by atoms with E-state index in [9.17, 15) is 9.90 Å². The molecule has 0 aliphatic heterocycles. The second kappa shape index (κ2) is 16.3. The molecule has 128 valence electrons. The zero-order chi connectivity index (χ0) is 17.2. The van der Waals surface area contributed by atoms with E-state index in [1.54, 1.807) is 6.08 Å². The van der Waals surface area contributed by atoms with Crippen LogP contribution in [-0.2, 0) is 4.79 Å². The molecule has 0 saturated carbocycles. The molecule has 0 rings (SSSR count). The third-order valence-electron chi connectivity index (χ3n) is 3.06. The minimum absolute atomic E-state index is 0.238. The predicted molar refractivity (Wildman–Crippen MR) is 97.5 cm³/mol. The largest absolute Gasteiger partial charge is 0.508 e. The molecule has 3 heteroatoms. The Balaban J connectivity index is 3.67. The smallest absolute Gasteiger partial charge is 0.303 e. The number of carboxylic acid groups (broad SMARTS) is 1. The summed E-state index contributed by atoms with van der Waals surface area (Å²) in [6, 6.07) is 0. The summed E-state index contributed by atoms with van der Waals surface area (Å²) in [5, 5.41) is 18.0. The third kappa shape index (κ3) is 17.9. The zero-order valence-corrected chi connectivity index (χ0v) is 14.2. The number of carboxylic acids is 1. The Morgan fingerprint density at radius 3 is 2.26 bits per heavy atom. The van der Waals surface area contributed by atoms with E-state index < -0.39 is 5.97 Å². The fraction of sp³-hybridized carbons (Fsp3) is 0.450. The molecule has 3 nitrogen and oxygen atoms in total. The van der Waals surface area contributed by atoms with Crippen molar-refractivity contribution in [3.63, 3.8) is 0 Å². The average Bonchev–Trinajstić information content (AvgIpc) is 2.51. The van der Waals surface area contributed by atoms with Gasteiger partial charge in [-0.25, -0.2) is 0 Å². The number of hydrogen-bond donors (Lipinski definition) is 2. The van der Waals surface area contributed by atoms with E-state index in [4.69, 9.17) is 5.11 Å². The van der Waals surface area contributed by atoms with Crippen molar-refractivity contribution in [1.82, 2.24) is 0 Å². The van der Waals surface area contributed by atoms with Crippen molar-refractivity contribution < 1.29 is 15.0 Å². The first-order valence-corrected chi connectivity index (χ1v) is 8.41. The second-order valence-corrected chi connectivity index (χ2v) is 5.26. The predicted octanol–water partition coefficient (Wildman–Crippen LogP) is 5.88. The first-order valence-electron chi connectivity index (χ1n) is 8.41. The molecular weight excluding hydrogens is 288 g/mol. The summed E-state index contributed by atoms with van der Waals surface area (Å²) in [6.45, 7) is 2.13. The molecule has 0 aromatic carbocycles. The summed E-state index contributed by atoms with van der Waals surface area (Å²) in [6.07, 6.45) is 24.3. The van der Waals surface area contributed by atoms with Gasteiger partial charge in [-0.3, -0.25) is 4.79 Å². The van der Waals surface area contributed by atoms with Crippen LogP contribution in [0.3, 0.4) is 0 Å². The minimum Gasteiger partial charge on any atom is -0.508 e. The summed E-state index contributed by atoms with van der Waals surface area (Å²) in [5.41, 5.74) is 0. The van der Waals surface area contributed by atoms with Gasteiger partial charge in [-0.1, -0.05) is 55.9 Å². The highest BCUT2D eigenvalue weighted by molar-refractivity contribution is 5.66. The van der Waals surface area contributed by atoms with Crippen molar-refractivity contribution >= 4 is 5.97 Å². The van der Waals surface area contributed by atoms with Crippen molar-refractivity contribution in [3.8, 4) is 0 Å². The average molecular weight is 318 g/mol. The van der Waals surface area contributed by atoms with Gasteiger partial charge in [0.15, 0.2) is 0 Å². The highest BCUT2D eigenvalue weighted by Gasteiger charge is 1.92. The van der Waals surface area contributed by atoms with Gasteiger partial charge >= 0.3 is 5.97 Å². The summed E-state index contributed by atoms with van der Waals surface area (Å²) < 4.78 is 0. The van der Waals surface area contributed by atoms with Crippen LogP contribution in [0.2, 0.25) is 0 Å². The molecule has 0 amide bonds. The lowest BCUT2D eigenvalue weighted by atomic mass is 10.2. The molecule has 2 N–H and O–H groups in total. The van der Waals surface area contributed by atoms with E-state index in [-0.39, 0.29) is 6.42 Å². The molecule has 23 heavy (non-hydrogen) atoms. The van der Waals surface area contributed by atoms with Gasteiger partial charge in [0.05, 0.1) is 0 Å². The molecule has 0 fully saturated rings. The van der Waals surface area contributed by atoms with Crippen LogP contribution >= 0.6 is 0 Å². The number of aliphatic carboxylic acids is 1. The van der Waals surface area contributed by atoms with Gasteiger partial charge in [0.2, 0.25) is 0 Å². The van der Waals surface area contributed by atoms with Crippen molar-refractivity contribution in [2.75, 3.05) is 0 Å². The van der Waals surface area contributed by atoms with Crippen molar-refractivity contribution in [3.05, 3.63) is 60.4 Å². The first-order chi connectivity index (χ1) is 11.2. The number of aliphatic hydroxyl groups excluding tert-OH is 1. The van der Waals surface area contributed by atoms with Crippen molar-refractivity contribution in [2.24, 2.45) is 0 Å². The lowest BCUT2D eigenvalue weighted by Crippen LogP contribution is -1.92. The molecule has 0 aliphatic rings. The Labute approximate surface area is 140 Å². The van der Waals surface area contributed by atoms with Gasteiger partial charge in [-0.2, -0.15) is 0 Å². The SMILES string of the molecule is CCCC/C=C(O)/C=C/C=C\C/C=C\C/C=C\CCCC(=O)O. The highest BCUT2D eigenvalue weighted by Crippen LogP contribution is 2.01. The van der Waals surface area contributed by atoms with E-state index in [1.165, 1.54) is 0 Å². The summed E-state index contributed by atoms with van der Waals surface area (Å²) in [5.74, 6) is -0.407. The molecule has 0 aromatic rings. The van der Waals surface area contributed by atoms with Crippen LogP contribution in [0.15, 0.2) is 60.4 Å². The van der Waals surface area contributed by atoms with Gasteiger partial charge in [0.25, 0.3) is 0 Å². The standard InChI is InChI=1S/C20H30O3/c1-2-3-13-16-19(21)17-14-11-9-7-5-4-6-8-10-12-15-18-20(22)23/h4-5,8-11,14,16-17,21H,2-3,6-7,12-13,15,18H2,1H3,(H,22,23)/b5-4-,10-8-,11-9-,17-14+,19-16-. The van der Waals surface area contributed by atoms with Crippen LogP contribution in [-0.4, -0.2) is 16.2 Å². The van der Waals surface area contributed by atoms with E-state index in [0.717, 1.165) is 38.5 Å². The van der Waals surface area contributed by atoms with Crippen LogP contribution in [0.1, 0.15) is 58.3 Å². The molecule has 0 spiro atoms. The lowest BCUT2D eigenvalue weighted by molar-refractivity contribution is -0.137. The van der Waals surface area contributed by atoms with Gasteiger partial charge in [-0.05, 0) is 50.7 Å². The van der Waals surface area contributed by atoms with Gasteiger partial charge in [-0.15, -0.1) is 0 Å². The Hall–Kier alpha value is -2.03. The molecule has 0 bridgehead atoms. The summed E-state index contributed by atoms with van der Waals surface area (Å²) in [4.78, 5) is 10.3. The van der Waals surface area contributed by atoms with Gasteiger partial charge in [0, 0.05) is 6.42 Å². The molecule has 0 atom stereocenters. The van der Waals surface area contributed by atoms with Crippen LogP contribution < -0.4 is 0 Å². The van der Waals surface area contributed by atoms with E-state index >= 15 is 0 Å². The van der Waals surface area contributed by atoms with Gasteiger partial charge in [0.1, 0.15) is 5.76 Å². The van der Waals surface area contributed by atoms with Crippen LogP contribution in [0.4, 0.5) is 0 Å². The molecule has 0 radical (unpaired) electrons. The van der Waals surface area contributed by atoms with Gasteiger partial charge < -0.3 is 10.2 Å². The van der Waals surface area contributed by atoms with Crippen LogP contribution in [0, 0.1) is 0 Å². The first kappa shape index (κ1) is 21.0. The van der Waals surface area contributed by atoms with Crippen LogP contribution in [0.5, 0.6) is 0 Å². The maximum absolute atomic E-state index is 10.3. The monoisotopic (exact) mass is 318 g/mol. The van der Waals surface area contributed by atoms with Crippen molar-refractivity contribution in [1.29, 1.82) is 0 Å². The van der Waals surface area contributed by atoms with Crippen molar-refractivity contribution in [2.45, 2.75) is 58.3 Å². The fourth-order valence-corrected chi connectivity index (χ4v) is 1.77. The number of carbonyl (C=O) groups is 1. The Bertz CT molecular complexity index is 440. The van der Waals surface area contributed by atoms with E-state index in [0.29, 0.717) is 12.2 Å². The maximum atomic E-state index is 10.3. The number of unbranched alkanes of at least 4 members (excludes halogenated alkanes) is 3. The molecule has 0 saturated heterocycles.